The molecule has 1 aliphatic heterocycles. The van der Waals surface area contributed by atoms with Crippen molar-refractivity contribution in [1.82, 2.24) is 10.0 Å². The fourth-order valence-corrected chi connectivity index (χ4v) is 3.48. The Bertz CT molecular complexity index is 582. The van der Waals surface area contributed by atoms with Crippen LogP contribution in [-0.4, -0.2) is 33.4 Å². The van der Waals surface area contributed by atoms with E-state index in [2.05, 4.69) is 16.1 Å². The molecule has 0 unspecified atom stereocenters. The van der Waals surface area contributed by atoms with Gasteiger partial charge in [-0.15, -0.1) is 0 Å². The van der Waals surface area contributed by atoms with Crippen molar-refractivity contribution in [2.24, 2.45) is 0 Å². The molecule has 0 saturated heterocycles. The molecule has 112 valence electrons. The summed E-state index contributed by atoms with van der Waals surface area (Å²) in [5.74, 6) is 0.979. The molecule has 1 aromatic rings. The van der Waals surface area contributed by atoms with Crippen LogP contribution in [0.3, 0.4) is 0 Å². The van der Waals surface area contributed by atoms with Gasteiger partial charge in [0, 0.05) is 25.0 Å². The molecule has 1 aromatic carbocycles. The highest BCUT2D eigenvalue weighted by Crippen LogP contribution is 2.25. The lowest BCUT2D eigenvalue weighted by atomic mass is 10.1. The summed E-state index contributed by atoms with van der Waals surface area (Å²) in [7, 11) is -3.19. The van der Waals surface area contributed by atoms with E-state index in [9.17, 15) is 8.42 Å². The van der Waals surface area contributed by atoms with Crippen LogP contribution in [0.15, 0.2) is 18.2 Å². The Morgan fingerprint density at radius 3 is 2.80 bits per heavy atom. The first-order chi connectivity index (χ1) is 9.25. The SMILES string of the molecule is CC(C)(CNCc1ccc2c(c1)CCO2)NS(C)(=O)=O. The van der Waals surface area contributed by atoms with E-state index in [1.54, 1.807) is 0 Å². The van der Waals surface area contributed by atoms with E-state index in [1.807, 2.05) is 26.0 Å². The van der Waals surface area contributed by atoms with Crippen LogP contribution in [-0.2, 0) is 23.0 Å². The lowest BCUT2D eigenvalue weighted by molar-refractivity contribution is 0.356. The first-order valence-corrected chi connectivity index (χ1v) is 8.59. The third kappa shape index (κ3) is 4.47. The fraction of sp³-hybridized carbons (Fsp3) is 0.571. The zero-order chi connectivity index (χ0) is 14.8. The summed E-state index contributed by atoms with van der Waals surface area (Å²) in [5, 5.41) is 3.29. The number of ether oxygens (including phenoxy) is 1. The third-order valence-corrected chi connectivity index (χ3v) is 4.03. The number of hydrogen-bond acceptors (Lipinski definition) is 4. The number of nitrogens with one attached hydrogen (secondary N) is 2. The summed E-state index contributed by atoms with van der Waals surface area (Å²) in [6.45, 7) is 5.75. The summed E-state index contributed by atoms with van der Waals surface area (Å²) in [5.41, 5.74) is 1.93. The van der Waals surface area contributed by atoms with Crippen LogP contribution < -0.4 is 14.8 Å². The van der Waals surface area contributed by atoms with Gasteiger partial charge in [0.1, 0.15) is 5.75 Å². The predicted octanol–water partition coefficient (Wildman–Crippen LogP) is 1.04. The van der Waals surface area contributed by atoms with Crippen molar-refractivity contribution in [2.45, 2.75) is 32.4 Å². The van der Waals surface area contributed by atoms with Crippen LogP contribution in [0.25, 0.3) is 0 Å². The average Bonchev–Trinajstić information content (AvgIpc) is 2.72. The van der Waals surface area contributed by atoms with Crippen LogP contribution >= 0.6 is 0 Å². The molecule has 6 heteroatoms. The van der Waals surface area contributed by atoms with E-state index < -0.39 is 15.6 Å². The molecule has 0 aromatic heterocycles. The van der Waals surface area contributed by atoms with Crippen molar-refractivity contribution < 1.29 is 13.2 Å². The van der Waals surface area contributed by atoms with Crippen molar-refractivity contribution in [3.05, 3.63) is 29.3 Å². The maximum Gasteiger partial charge on any atom is 0.209 e. The highest BCUT2D eigenvalue weighted by atomic mass is 32.2. The Labute approximate surface area is 120 Å². The van der Waals surface area contributed by atoms with Gasteiger partial charge in [0.15, 0.2) is 0 Å². The Balaban J connectivity index is 1.87. The molecule has 5 nitrogen and oxygen atoms in total. The number of sulfonamides is 1. The van der Waals surface area contributed by atoms with Gasteiger partial charge in [-0.25, -0.2) is 13.1 Å². The predicted molar refractivity (Wildman–Crippen MR) is 79.4 cm³/mol. The van der Waals surface area contributed by atoms with E-state index in [-0.39, 0.29) is 0 Å². The van der Waals surface area contributed by atoms with Gasteiger partial charge in [-0.1, -0.05) is 12.1 Å². The van der Waals surface area contributed by atoms with Gasteiger partial charge < -0.3 is 10.1 Å². The van der Waals surface area contributed by atoms with Crippen LogP contribution in [0.4, 0.5) is 0 Å². The maximum absolute atomic E-state index is 11.3. The molecule has 0 aliphatic carbocycles. The quantitative estimate of drug-likeness (QED) is 0.823. The molecule has 0 saturated carbocycles. The van der Waals surface area contributed by atoms with E-state index in [4.69, 9.17) is 4.74 Å². The zero-order valence-corrected chi connectivity index (χ0v) is 13.0. The Morgan fingerprint density at radius 2 is 2.10 bits per heavy atom. The first kappa shape index (κ1) is 15.3. The van der Waals surface area contributed by atoms with Gasteiger partial charge in [-0.2, -0.15) is 0 Å². The maximum atomic E-state index is 11.3. The zero-order valence-electron chi connectivity index (χ0n) is 12.2. The minimum atomic E-state index is -3.19. The van der Waals surface area contributed by atoms with Gasteiger partial charge in [-0.05, 0) is 31.0 Å². The Hall–Kier alpha value is -1.11. The molecule has 0 fully saturated rings. The summed E-state index contributed by atoms with van der Waals surface area (Å²) >= 11 is 0. The van der Waals surface area contributed by atoms with E-state index in [1.165, 1.54) is 17.4 Å². The molecule has 1 aliphatic rings. The number of rotatable bonds is 6. The second kappa shape index (κ2) is 5.71. The normalized spacial score (nSPS) is 14.9. The summed E-state index contributed by atoms with van der Waals surface area (Å²) < 4.78 is 30.6. The number of benzene rings is 1. The van der Waals surface area contributed by atoms with E-state index >= 15 is 0 Å². The molecule has 20 heavy (non-hydrogen) atoms. The second-order valence-electron chi connectivity index (χ2n) is 5.90. The molecular formula is C14H22N2O3S. The minimum absolute atomic E-state index is 0.507. The smallest absolute Gasteiger partial charge is 0.209 e. The third-order valence-electron chi connectivity index (χ3n) is 3.11. The van der Waals surface area contributed by atoms with Gasteiger partial charge in [0.2, 0.25) is 10.0 Å². The first-order valence-electron chi connectivity index (χ1n) is 6.69. The summed E-state index contributed by atoms with van der Waals surface area (Å²) in [6.07, 6.45) is 2.14. The average molecular weight is 298 g/mol. The van der Waals surface area contributed by atoms with E-state index in [0.29, 0.717) is 13.1 Å². The Kier molecular flexibility index (Phi) is 4.36. The van der Waals surface area contributed by atoms with E-state index in [0.717, 1.165) is 18.8 Å². The van der Waals surface area contributed by atoms with Gasteiger partial charge >= 0.3 is 0 Å². The van der Waals surface area contributed by atoms with Crippen molar-refractivity contribution in [1.29, 1.82) is 0 Å². The second-order valence-corrected chi connectivity index (χ2v) is 7.65. The fourth-order valence-electron chi connectivity index (χ4n) is 2.41. The van der Waals surface area contributed by atoms with Crippen LogP contribution in [0.5, 0.6) is 5.75 Å². The van der Waals surface area contributed by atoms with Gasteiger partial charge in [0.25, 0.3) is 0 Å². The Morgan fingerprint density at radius 1 is 1.35 bits per heavy atom. The van der Waals surface area contributed by atoms with Crippen molar-refractivity contribution >= 4 is 10.0 Å². The largest absolute Gasteiger partial charge is 0.493 e. The monoisotopic (exact) mass is 298 g/mol. The number of hydrogen-bond donors (Lipinski definition) is 2. The van der Waals surface area contributed by atoms with Crippen LogP contribution in [0.1, 0.15) is 25.0 Å². The topological polar surface area (TPSA) is 67.4 Å². The summed E-state index contributed by atoms with van der Waals surface area (Å²) in [6, 6.07) is 6.18. The van der Waals surface area contributed by atoms with Crippen molar-refractivity contribution in [3.8, 4) is 5.75 Å². The standard InChI is InChI=1S/C14H22N2O3S/c1-14(2,16-20(3,17)18)10-15-9-11-4-5-13-12(8-11)6-7-19-13/h4-5,8,15-16H,6-7,9-10H2,1-3H3. The molecule has 2 rings (SSSR count). The molecular weight excluding hydrogens is 276 g/mol. The highest BCUT2D eigenvalue weighted by molar-refractivity contribution is 7.88. The molecule has 0 spiro atoms. The minimum Gasteiger partial charge on any atom is -0.493 e. The van der Waals surface area contributed by atoms with Crippen molar-refractivity contribution in [3.63, 3.8) is 0 Å². The van der Waals surface area contributed by atoms with Gasteiger partial charge in [0.05, 0.1) is 12.9 Å². The molecule has 0 bridgehead atoms. The molecule has 0 atom stereocenters. The lowest BCUT2D eigenvalue weighted by Crippen LogP contribution is -2.49. The molecule has 0 amide bonds. The lowest BCUT2D eigenvalue weighted by Gasteiger charge is -2.25. The highest BCUT2D eigenvalue weighted by Gasteiger charge is 2.21. The molecule has 1 heterocycles. The molecule has 0 radical (unpaired) electrons. The number of fused-ring (bicyclic) bond motifs is 1. The van der Waals surface area contributed by atoms with Gasteiger partial charge in [-0.3, -0.25) is 0 Å². The summed E-state index contributed by atoms with van der Waals surface area (Å²) in [4.78, 5) is 0. The van der Waals surface area contributed by atoms with Crippen molar-refractivity contribution in [2.75, 3.05) is 19.4 Å². The van der Waals surface area contributed by atoms with Crippen LogP contribution in [0, 0.1) is 0 Å². The molecule has 2 N–H and O–H groups in total. The van der Waals surface area contributed by atoms with Crippen LogP contribution in [0.2, 0.25) is 0 Å².